The summed E-state index contributed by atoms with van der Waals surface area (Å²) in [5.41, 5.74) is 5.79. The van der Waals surface area contributed by atoms with E-state index in [1.165, 1.54) is 35.5 Å². The molecule has 2 amide bonds. The Labute approximate surface area is 224 Å². The van der Waals surface area contributed by atoms with E-state index in [-0.39, 0.29) is 74.9 Å². The van der Waals surface area contributed by atoms with Gasteiger partial charge >= 0.3 is 29.6 Å². The number of ether oxygens (including phenoxy) is 1. The van der Waals surface area contributed by atoms with Crippen LogP contribution in [-0.4, -0.2) is 87.4 Å². The number of thiazole rings is 1. The minimum Gasteiger partial charge on any atom is -0.549 e. The molecule has 1 aromatic heterocycles. The molecule has 174 valence electrons. The van der Waals surface area contributed by atoms with Gasteiger partial charge in [-0.1, -0.05) is 5.16 Å². The monoisotopic (exact) mass is 523 g/mol. The van der Waals surface area contributed by atoms with Gasteiger partial charge in [-0.3, -0.25) is 9.59 Å². The van der Waals surface area contributed by atoms with Crippen molar-refractivity contribution in [3.8, 4) is 0 Å². The van der Waals surface area contributed by atoms with Gasteiger partial charge in [0.2, 0.25) is 5.91 Å². The molecule has 0 saturated carbocycles. The Morgan fingerprint density at radius 1 is 1.45 bits per heavy atom. The van der Waals surface area contributed by atoms with Crippen molar-refractivity contribution in [3.05, 3.63) is 11.1 Å². The van der Waals surface area contributed by atoms with Gasteiger partial charge in [0.05, 0.1) is 10.7 Å². The number of β-lactam (4-membered cyclic amide) rings is 1. The third-order valence-electron chi connectivity index (χ3n) is 5.44. The van der Waals surface area contributed by atoms with Crippen molar-refractivity contribution in [2.45, 2.75) is 34.3 Å². The van der Waals surface area contributed by atoms with E-state index in [9.17, 15) is 19.5 Å². The maximum Gasteiger partial charge on any atom is 1.00 e. The number of rotatable bonds is 7. The zero-order valence-electron chi connectivity index (χ0n) is 18.1. The third-order valence-corrected chi connectivity index (χ3v) is 9.52. The van der Waals surface area contributed by atoms with Crippen LogP contribution in [0.4, 0.5) is 5.13 Å². The molecule has 0 spiro atoms. The summed E-state index contributed by atoms with van der Waals surface area (Å²) in [5.74, 6) is -1.86. The van der Waals surface area contributed by atoms with Crippen LogP contribution in [0, 0.1) is 0 Å². The molecule has 0 bridgehead atoms. The number of carbonyl (C=O) groups excluding carboxylic acids is 3. The maximum absolute atomic E-state index is 12.8. The summed E-state index contributed by atoms with van der Waals surface area (Å²) in [6, 6.07) is -0.793. The number of nitrogens with one attached hydrogen (secondary N) is 1. The standard InChI is InChI=1S/C18H23N5O6S3.Na/c1-28-22-11(10-6-30-17(19)20-10)13(24)21-12-14(25)23-7-18(16(26)27,8-31-15(12)23)32-9-2-4-29-5-3-9;/h6,9,12,15H,2-5,7-8H2,1H3,(H2,19,20)(H,21,24)(H,26,27);/q;+1/p-1/t12?,15-,18?;/m1./s1. The first-order chi connectivity index (χ1) is 15.3. The molecular weight excluding hydrogens is 501 g/mol. The summed E-state index contributed by atoms with van der Waals surface area (Å²) in [6.07, 6.45) is 1.53. The van der Waals surface area contributed by atoms with Crippen molar-refractivity contribution in [1.82, 2.24) is 15.2 Å². The minimum atomic E-state index is -1.19. The number of nitrogens with zero attached hydrogens (tertiary/aromatic N) is 3. The van der Waals surface area contributed by atoms with Gasteiger partial charge in [-0.2, -0.15) is 0 Å². The predicted molar refractivity (Wildman–Crippen MR) is 119 cm³/mol. The summed E-state index contributed by atoms with van der Waals surface area (Å²) in [4.78, 5) is 47.9. The SMILES string of the molecule is CON=C(C(=O)NC1C(=O)N2CC(SC3CCOCC3)(C(=O)[O-])CS[C@H]12)c1csc(N)n1.[Na+]. The van der Waals surface area contributed by atoms with Gasteiger partial charge < -0.3 is 35.4 Å². The summed E-state index contributed by atoms with van der Waals surface area (Å²) < 4.78 is 4.17. The van der Waals surface area contributed by atoms with Crippen LogP contribution in [0.3, 0.4) is 0 Å². The second-order valence-corrected chi connectivity index (χ2v) is 11.2. The van der Waals surface area contributed by atoms with Gasteiger partial charge in [0.15, 0.2) is 10.8 Å². The predicted octanol–water partition coefficient (Wildman–Crippen LogP) is -4.12. The zero-order valence-corrected chi connectivity index (χ0v) is 22.6. The van der Waals surface area contributed by atoms with E-state index in [4.69, 9.17) is 15.3 Å². The number of aliphatic carboxylic acids is 1. The van der Waals surface area contributed by atoms with Crippen LogP contribution < -0.4 is 45.7 Å². The van der Waals surface area contributed by atoms with E-state index in [0.29, 0.717) is 13.2 Å². The molecule has 3 atom stereocenters. The van der Waals surface area contributed by atoms with Crippen molar-refractivity contribution >= 4 is 63.5 Å². The van der Waals surface area contributed by atoms with Crippen LogP contribution in [-0.2, 0) is 24.0 Å². The topological polar surface area (TPSA) is 159 Å². The molecule has 3 fully saturated rings. The number of nitrogen functional groups attached to an aromatic ring is 1. The van der Waals surface area contributed by atoms with Crippen LogP contribution in [0.25, 0.3) is 0 Å². The van der Waals surface area contributed by atoms with Crippen LogP contribution >= 0.6 is 34.9 Å². The quantitative estimate of drug-likeness (QED) is 0.156. The Bertz CT molecular complexity index is 942. The van der Waals surface area contributed by atoms with Crippen LogP contribution in [0.15, 0.2) is 10.5 Å². The number of carboxylic acids is 1. The fourth-order valence-electron chi connectivity index (χ4n) is 3.81. The van der Waals surface area contributed by atoms with Crippen molar-refractivity contribution in [2.24, 2.45) is 5.16 Å². The zero-order chi connectivity index (χ0) is 22.9. The number of amides is 2. The molecule has 0 aliphatic carbocycles. The normalized spacial score (nSPS) is 27.7. The van der Waals surface area contributed by atoms with E-state index >= 15 is 0 Å². The average Bonchev–Trinajstić information content (AvgIpc) is 3.22. The summed E-state index contributed by atoms with van der Waals surface area (Å²) in [5, 5.41) is 20.1. The Balaban J connectivity index is 0.00000306. The summed E-state index contributed by atoms with van der Waals surface area (Å²) in [7, 11) is 1.30. The van der Waals surface area contributed by atoms with Crippen LogP contribution in [0.1, 0.15) is 18.5 Å². The summed E-state index contributed by atoms with van der Waals surface area (Å²) >= 11 is 3.84. The molecular formula is C18H22N5NaO6S3. The largest absolute Gasteiger partial charge is 1.00 e. The third kappa shape index (κ3) is 5.46. The number of aromatic nitrogens is 1. The van der Waals surface area contributed by atoms with Crippen molar-refractivity contribution < 1.29 is 58.6 Å². The Hall–Kier alpha value is -1.03. The molecule has 15 heteroatoms. The molecule has 1 aromatic rings. The van der Waals surface area contributed by atoms with Gasteiger partial charge in [-0.05, 0) is 12.8 Å². The van der Waals surface area contributed by atoms with Crippen molar-refractivity contribution in [3.63, 3.8) is 0 Å². The van der Waals surface area contributed by atoms with Crippen LogP contribution in [0.5, 0.6) is 0 Å². The fourth-order valence-corrected chi connectivity index (χ4v) is 7.59. The Morgan fingerprint density at radius 3 is 2.79 bits per heavy atom. The van der Waals surface area contributed by atoms with Gasteiger partial charge in [0, 0.05) is 36.1 Å². The number of nitrogens with two attached hydrogens (primary N) is 1. The molecule has 3 saturated heterocycles. The van der Waals surface area contributed by atoms with E-state index < -0.39 is 22.7 Å². The average molecular weight is 524 g/mol. The van der Waals surface area contributed by atoms with Gasteiger partial charge in [0.1, 0.15) is 24.2 Å². The van der Waals surface area contributed by atoms with Gasteiger partial charge in [-0.15, -0.1) is 34.9 Å². The first-order valence-corrected chi connectivity index (χ1v) is 12.7. The van der Waals surface area contributed by atoms with E-state index in [2.05, 4.69) is 15.5 Å². The molecule has 3 N–H and O–H groups in total. The first-order valence-electron chi connectivity index (χ1n) is 9.87. The van der Waals surface area contributed by atoms with E-state index in [1.807, 2.05) is 0 Å². The maximum atomic E-state index is 12.8. The molecule has 3 aliphatic heterocycles. The van der Waals surface area contributed by atoms with Crippen LogP contribution in [0.2, 0.25) is 0 Å². The summed E-state index contributed by atoms with van der Waals surface area (Å²) in [6.45, 7) is 1.24. The number of hydrogen-bond donors (Lipinski definition) is 2. The molecule has 4 heterocycles. The minimum absolute atomic E-state index is 0. The number of oxime groups is 1. The number of anilines is 1. The van der Waals surface area contributed by atoms with Gasteiger partial charge in [-0.25, -0.2) is 4.98 Å². The number of hydrogen-bond acceptors (Lipinski definition) is 12. The van der Waals surface area contributed by atoms with Crippen molar-refractivity contribution in [2.75, 3.05) is 38.4 Å². The number of carbonyl (C=O) groups is 3. The second kappa shape index (κ2) is 11.1. The molecule has 33 heavy (non-hydrogen) atoms. The molecule has 2 unspecified atom stereocenters. The fraction of sp³-hybridized carbons (Fsp3) is 0.611. The Kier molecular flexibility index (Phi) is 8.97. The van der Waals surface area contributed by atoms with E-state index in [1.54, 1.807) is 5.38 Å². The number of thioether (sulfide) groups is 2. The second-order valence-electron chi connectivity index (χ2n) is 7.52. The van der Waals surface area contributed by atoms with E-state index in [0.717, 1.165) is 24.2 Å². The smallest absolute Gasteiger partial charge is 0.549 e. The molecule has 0 aromatic carbocycles. The Morgan fingerprint density at radius 2 is 2.18 bits per heavy atom. The number of fused-ring (bicyclic) bond motifs is 1. The molecule has 3 aliphatic rings. The molecule has 11 nitrogen and oxygen atoms in total. The van der Waals surface area contributed by atoms with Crippen molar-refractivity contribution in [1.29, 1.82) is 0 Å². The number of carboxylic acid groups (broad SMARTS) is 1. The first kappa shape index (κ1) is 26.6. The van der Waals surface area contributed by atoms with Gasteiger partial charge in [0.25, 0.3) is 5.91 Å². The molecule has 4 rings (SSSR count). The molecule has 0 radical (unpaired) electrons.